The van der Waals surface area contributed by atoms with Gasteiger partial charge in [0.2, 0.25) is 0 Å². The van der Waals surface area contributed by atoms with E-state index in [0.717, 1.165) is 0 Å². The smallest absolute Gasteiger partial charge is 0.261 e. The van der Waals surface area contributed by atoms with Gasteiger partial charge in [-0.1, -0.05) is 13.8 Å². The summed E-state index contributed by atoms with van der Waals surface area (Å²) in [7, 11) is 3.06. The lowest BCUT2D eigenvalue weighted by atomic mass is 10.1. The van der Waals surface area contributed by atoms with Gasteiger partial charge < -0.3 is 9.64 Å². The molecular weight excluding hydrogens is 314 g/mol. The van der Waals surface area contributed by atoms with Gasteiger partial charge in [0.05, 0.1) is 11.5 Å². The van der Waals surface area contributed by atoms with Crippen LogP contribution < -0.4 is 0 Å². The van der Waals surface area contributed by atoms with Gasteiger partial charge in [0, 0.05) is 36.4 Å². The molecule has 1 rings (SSSR count). The van der Waals surface area contributed by atoms with Crippen LogP contribution in [-0.4, -0.2) is 46.0 Å². The largest absolute Gasteiger partial charge is 0.383 e. The van der Waals surface area contributed by atoms with Crippen LogP contribution in [0.2, 0.25) is 0 Å². The van der Waals surface area contributed by atoms with Crippen LogP contribution in [0.15, 0.2) is 29.2 Å². The summed E-state index contributed by atoms with van der Waals surface area (Å²) < 4.78 is 27.4. The lowest BCUT2D eigenvalue weighted by molar-refractivity contribution is 0.0672. The van der Waals surface area contributed by atoms with Gasteiger partial charge in [0.1, 0.15) is 0 Å². The predicted octanol–water partition coefficient (Wildman–Crippen LogP) is 2.36. The van der Waals surface area contributed by atoms with Gasteiger partial charge in [0.25, 0.3) is 15.0 Å². The van der Waals surface area contributed by atoms with Crippen molar-refractivity contribution in [3.63, 3.8) is 0 Å². The molecule has 0 aliphatic heterocycles. The highest BCUT2D eigenvalue weighted by Gasteiger charge is 2.18. The van der Waals surface area contributed by atoms with Gasteiger partial charge in [-0.2, -0.15) is 0 Å². The fourth-order valence-corrected chi connectivity index (χ4v) is 2.63. The second-order valence-electron chi connectivity index (χ2n) is 5.10. The van der Waals surface area contributed by atoms with E-state index in [1.165, 1.54) is 24.3 Å². The maximum Gasteiger partial charge on any atom is 0.261 e. The lowest BCUT2D eigenvalue weighted by Gasteiger charge is -2.24. The zero-order valence-electron chi connectivity index (χ0n) is 12.4. The van der Waals surface area contributed by atoms with Gasteiger partial charge in [-0.05, 0) is 30.2 Å². The number of nitrogens with zero attached hydrogens (tertiary/aromatic N) is 1. The molecule has 0 spiro atoms. The third-order valence-corrected chi connectivity index (χ3v) is 4.19. The van der Waals surface area contributed by atoms with Crippen LogP contribution in [0.5, 0.6) is 0 Å². The van der Waals surface area contributed by atoms with E-state index in [9.17, 15) is 13.2 Å². The average molecular weight is 334 g/mol. The number of hydrogen-bond donors (Lipinski definition) is 0. The Hall–Kier alpha value is -1.11. The predicted molar refractivity (Wildman–Crippen MR) is 82.1 cm³/mol. The topological polar surface area (TPSA) is 63.7 Å². The van der Waals surface area contributed by atoms with Gasteiger partial charge in [-0.25, -0.2) is 8.42 Å². The number of ether oxygens (including phenoxy) is 1. The van der Waals surface area contributed by atoms with Crippen LogP contribution in [0.3, 0.4) is 0 Å². The first-order valence-electron chi connectivity index (χ1n) is 6.58. The van der Waals surface area contributed by atoms with Crippen LogP contribution in [0, 0.1) is 5.92 Å². The Bertz CT molecular complexity index is 569. The summed E-state index contributed by atoms with van der Waals surface area (Å²) in [5, 5.41) is 0. The zero-order valence-corrected chi connectivity index (χ0v) is 13.9. The molecular formula is C14H20ClNO4S. The fraction of sp³-hybridized carbons (Fsp3) is 0.500. The molecule has 0 saturated carbocycles. The van der Waals surface area contributed by atoms with Crippen molar-refractivity contribution in [2.24, 2.45) is 5.92 Å². The Balaban J connectivity index is 2.92. The normalized spacial score (nSPS) is 11.7. The summed E-state index contributed by atoms with van der Waals surface area (Å²) in [6.07, 6.45) is 0. The number of rotatable bonds is 7. The molecule has 7 heteroatoms. The molecule has 1 aromatic rings. The third-order valence-electron chi connectivity index (χ3n) is 2.82. The molecule has 118 valence electrons. The summed E-state index contributed by atoms with van der Waals surface area (Å²) in [6, 6.07) is 5.61. The quantitative estimate of drug-likeness (QED) is 0.718. The number of amides is 1. The minimum Gasteiger partial charge on any atom is -0.383 e. The molecule has 0 heterocycles. The van der Waals surface area contributed by atoms with Crippen molar-refractivity contribution in [1.82, 2.24) is 4.90 Å². The molecule has 0 saturated heterocycles. The number of carbonyl (C=O) groups is 1. The van der Waals surface area contributed by atoms with Crippen LogP contribution in [-0.2, 0) is 13.8 Å². The monoisotopic (exact) mass is 333 g/mol. The van der Waals surface area contributed by atoms with E-state index in [4.69, 9.17) is 15.4 Å². The Morgan fingerprint density at radius 1 is 1.29 bits per heavy atom. The van der Waals surface area contributed by atoms with Crippen molar-refractivity contribution < 1.29 is 17.9 Å². The van der Waals surface area contributed by atoms with Crippen LogP contribution >= 0.6 is 10.7 Å². The average Bonchev–Trinajstić information content (AvgIpc) is 2.41. The molecule has 0 N–H and O–H groups in total. The number of halogens is 1. The first kappa shape index (κ1) is 17.9. The lowest BCUT2D eigenvalue weighted by Crippen LogP contribution is -2.36. The van der Waals surface area contributed by atoms with E-state index in [0.29, 0.717) is 31.2 Å². The minimum atomic E-state index is -3.77. The fourth-order valence-electron chi connectivity index (χ4n) is 1.86. The second-order valence-corrected chi connectivity index (χ2v) is 7.67. The van der Waals surface area contributed by atoms with Crippen molar-refractivity contribution in [3.8, 4) is 0 Å². The molecule has 0 unspecified atom stereocenters. The van der Waals surface area contributed by atoms with Crippen molar-refractivity contribution in [1.29, 1.82) is 0 Å². The van der Waals surface area contributed by atoms with Gasteiger partial charge in [0.15, 0.2) is 0 Å². The first-order valence-corrected chi connectivity index (χ1v) is 8.89. The Kier molecular flexibility index (Phi) is 6.64. The number of benzene rings is 1. The van der Waals surface area contributed by atoms with E-state index in [-0.39, 0.29) is 10.8 Å². The zero-order chi connectivity index (χ0) is 16.0. The Labute approximate surface area is 130 Å². The van der Waals surface area contributed by atoms with E-state index in [1.807, 2.05) is 13.8 Å². The number of carbonyl (C=O) groups excluding carboxylic acids is 1. The first-order chi connectivity index (χ1) is 9.75. The summed E-state index contributed by atoms with van der Waals surface area (Å²) in [5.41, 5.74) is 0.427. The van der Waals surface area contributed by atoms with Crippen molar-refractivity contribution >= 4 is 25.6 Å². The molecule has 0 radical (unpaired) electrons. The van der Waals surface area contributed by atoms with E-state index in [1.54, 1.807) is 12.0 Å². The minimum absolute atomic E-state index is 0.0204. The number of hydrogen-bond acceptors (Lipinski definition) is 4. The molecule has 5 nitrogen and oxygen atoms in total. The van der Waals surface area contributed by atoms with Gasteiger partial charge >= 0.3 is 0 Å². The highest BCUT2D eigenvalue weighted by molar-refractivity contribution is 8.13. The summed E-state index contributed by atoms with van der Waals surface area (Å²) >= 11 is 0. The molecule has 0 atom stereocenters. The SMILES string of the molecule is COCCN(CC(C)C)C(=O)c1ccc(S(=O)(=O)Cl)cc1. The molecule has 1 aromatic carbocycles. The maximum absolute atomic E-state index is 12.4. The Morgan fingerprint density at radius 2 is 1.86 bits per heavy atom. The molecule has 1 amide bonds. The van der Waals surface area contributed by atoms with Crippen molar-refractivity contribution in [2.45, 2.75) is 18.7 Å². The Morgan fingerprint density at radius 3 is 2.29 bits per heavy atom. The molecule has 0 aliphatic rings. The summed E-state index contributed by atoms with van der Waals surface area (Å²) in [5.74, 6) is 0.174. The van der Waals surface area contributed by atoms with Crippen molar-refractivity contribution in [2.75, 3.05) is 26.8 Å². The van der Waals surface area contributed by atoms with Gasteiger partial charge in [-0.3, -0.25) is 4.79 Å². The molecule has 0 aliphatic carbocycles. The summed E-state index contributed by atoms with van der Waals surface area (Å²) in [4.78, 5) is 14.1. The van der Waals surface area contributed by atoms with Crippen molar-refractivity contribution in [3.05, 3.63) is 29.8 Å². The van der Waals surface area contributed by atoms with Crippen LogP contribution in [0.4, 0.5) is 0 Å². The van der Waals surface area contributed by atoms with E-state index >= 15 is 0 Å². The molecule has 21 heavy (non-hydrogen) atoms. The molecule has 0 fully saturated rings. The highest BCUT2D eigenvalue weighted by atomic mass is 35.7. The standard InChI is InChI=1S/C14H20ClNO4S/c1-11(2)10-16(8-9-20-3)14(17)12-4-6-13(7-5-12)21(15,18)19/h4-7,11H,8-10H2,1-3H3. The van der Waals surface area contributed by atoms with Crippen LogP contribution in [0.1, 0.15) is 24.2 Å². The molecule has 0 aromatic heterocycles. The third kappa shape index (κ3) is 5.65. The second kappa shape index (κ2) is 7.77. The number of methoxy groups -OCH3 is 1. The maximum atomic E-state index is 12.4. The van der Waals surface area contributed by atoms with Crippen LogP contribution in [0.25, 0.3) is 0 Å². The molecule has 0 bridgehead atoms. The van der Waals surface area contributed by atoms with Gasteiger partial charge in [-0.15, -0.1) is 0 Å². The van der Waals surface area contributed by atoms with E-state index in [2.05, 4.69) is 0 Å². The van der Waals surface area contributed by atoms with E-state index < -0.39 is 9.05 Å². The highest BCUT2D eigenvalue weighted by Crippen LogP contribution is 2.16. The summed E-state index contributed by atoms with van der Waals surface area (Å²) in [6.45, 7) is 5.60.